The number of rotatable bonds is 4. The molecule has 0 saturated heterocycles. The van der Waals surface area contributed by atoms with Gasteiger partial charge < -0.3 is 19.9 Å². The van der Waals surface area contributed by atoms with E-state index in [9.17, 15) is 0 Å². The lowest BCUT2D eigenvalue weighted by atomic mass is 10.6. The summed E-state index contributed by atoms with van der Waals surface area (Å²) < 4.78 is 14.9. The Kier molecular flexibility index (Phi) is 4.31. The van der Waals surface area contributed by atoms with E-state index in [1.165, 1.54) is 20.3 Å². The van der Waals surface area contributed by atoms with Crippen molar-refractivity contribution >= 4 is 12.0 Å². The predicted octanol–water partition coefficient (Wildman–Crippen LogP) is 0.476. The quantitative estimate of drug-likeness (QED) is 0.593. The average molecular weight is 226 g/mol. The zero-order valence-electron chi connectivity index (χ0n) is 9.43. The maximum Gasteiger partial charge on any atom is 0.290 e. The molecule has 0 aliphatic carbocycles. The first-order valence-corrected chi connectivity index (χ1v) is 4.63. The summed E-state index contributed by atoms with van der Waals surface area (Å²) in [5.41, 5.74) is 5.47. The number of nitrogens with zero attached hydrogens (tertiary/aromatic N) is 3. The van der Waals surface area contributed by atoms with E-state index in [0.717, 1.165) is 0 Å². The monoisotopic (exact) mass is 226 g/mol. The van der Waals surface area contributed by atoms with Crippen LogP contribution in [0.4, 0.5) is 5.95 Å². The van der Waals surface area contributed by atoms with Crippen LogP contribution in [-0.2, 0) is 4.74 Å². The summed E-state index contributed by atoms with van der Waals surface area (Å²) in [6.07, 6.45) is 0. The van der Waals surface area contributed by atoms with Crippen LogP contribution in [0.1, 0.15) is 6.92 Å². The number of ether oxygens (including phenoxy) is 3. The molecule has 2 N–H and O–H groups in total. The van der Waals surface area contributed by atoms with Gasteiger partial charge in [-0.3, -0.25) is 0 Å². The molecule has 1 rings (SSSR count). The Labute approximate surface area is 93.3 Å². The van der Waals surface area contributed by atoms with Crippen LogP contribution in [0.15, 0.2) is 11.1 Å². The van der Waals surface area contributed by atoms with Crippen LogP contribution in [0, 0.1) is 0 Å². The van der Waals surface area contributed by atoms with Gasteiger partial charge in [0.25, 0.3) is 12.0 Å². The number of aromatic nitrogens is 2. The molecule has 0 aromatic carbocycles. The Balaban J connectivity index is 2.99. The van der Waals surface area contributed by atoms with Gasteiger partial charge in [0.05, 0.1) is 26.9 Å². The highest BCUT2D eigenvalue weighted by atomic mass is 16.5. The highest BCUT2D eigenvalue weighted by Gasteiger charge is 2.05. The molecule has 1 heterocycles. The van der Waals surface area contributed by atoms with Crippen LogP contribution in [0.5, 0.6) is 11.8 Å². The molecule has 7 nitrogen and oxygen atoms in total. The van der Waals surface area contributed by atoms with Crippen molar-refractivity contribution in [1.82, 2.24) is 9.97 Å². The van der Waals surface area contributed by atoms with Crippen molar-refractivity contribution in [3.8, 4) is 11.8 Å². The molecule has 1 aromatic heterocycles. The number of hydrogen-bond acceptors (Lipinski definition) is 6. The normalized spacial score (nSPS) is 11.1. The van der Waals surface area contributed by atoms with E-state index in [1.54, 1.807) is 6.92 Å². The van der Waals surface area contributed by atoms with Crippen molar-refractivity contribution in [2.45, 2.75) is 6.92 Å². The largest absolute Gasteiger partial charge is 0.481 e. The molecule has 0 unspecified atom stereocenters. The van der Waals surface area contributed by atoms with Crippen LogP contribution in [0.3, 0.4) is 0 Å². The lowest BCUT2D eigenvalue weighted by molar-refractivity contribution is 0.321. The van der Waals surface area contributed by atoms with Gasteiger partial charge in [0.2, 0.25) is 11.8 Å². The summed E-state index contributed by atoms with van der Waals surface area (Å²) in [6, 6.07) is 1.54. The third-order valence-corrected chi connectivity index (χ3v) is 1.59. The minimum absolute atomic E-state index is 0.00203. The molecule has 1 aromatic rings. The van der Waals surface area contributed by atoms with Gasteiger partial charge >= 0.3 is 0 Å². The van der Waals surface area contributed by atoms with E-state index >= 15 is 0 Å². The number of aliphatic imine (C=N–C) groups is 1. The first-order chi connectivity index (χ1) is 7.69. The second kappa shape index (κ2) is 5.74. The highest BCUT2D eigenvalue weighted by molar-refractivity contribution is 5.73. The zero-order chi connectivity index (χ0) is 12.0. The van der Waals surface area contributed by atoms with Gasteiger partial charge in [-0.1, -0.05) is 0 Å². The fourth-order valence-electron chi connectivity index (χ4n) is 0.930. The van der Waals surface area contributed by atoms with Crippen molar-refractivity contribution in [2.24, 2.45) is 10.7 Å². The van der Waals surface area contributed by atoms with Crippen molar-refractivity contribution < 1.29 is 14.2 Å². The number of nitrogens with two attached hydrogens (primary N) is 1. The molecule has 0 bridgehead atoms. The summed E-state index contributed by atoms with van der Waals surface area (Å²) in [5, 5.41) is 0. The first kappa shape index (κ1) is 12.0. The molecular weight excluding hydrogens is 212 g/mol. The van der Waals surface area contributed by atoms with E-state index in [0.29, 0.717) is 18.4 Å². The van der Waals surface area contributed by atoms with Crippen LogP contribution < -0.4 is 15.2 Å². The zero-order valence-corrected chi connectivity index (χ0v) is 9.43. The van der Waals surface area contributed by atoms with Gasteiger partial charge in [-0.2, -0.15) is 15.0 Å². The molecule has 0 spiro atoms. The minimum Gasteiger partial charge on any atom is -0.481 e. The van der Waals surface area contributed by atoms with Crippen LogP contribution in [-0.4, -0.2) is 36.8 Å². The number of methoxy groups -OCH3 is 2. The highest BCUT2D eigenvalue weighted by Crippen LogP contribution is 2.18. The second-order valence-corrected chi connectivity index (χ2v) is 2.64. The third-order valence-electron chi connectivity index (χ3n) is 1.59. The van der Waals surface area contributed by atoms with Gasteiger partial charge in [0.15, 0.2) is 0 Å². The van der Waals surface area contributed by atoms with E-state index < -0.39 is 0 Å². The third kappa shape index (κ3) is 3.26. The van der Waals surface area contributed by atoms with Crippen molar-refractivity contribution in [3.05, 3.63) is 6.07 Å². The molecule has 0 aliphatic heterocycles. The van der Waals surface area contributed by atoms with Gasteiger partial charge in [0.1, 0.15) is 0 Å². The average Bonchev–Trinajstić information content (AvgIpc) is 2.28. The molecule has 16 heavy (non-hydrogen) atoms. The predicted molar refractivity (Wildman–Crippen MR) is 58.0 cm³/mol. The van der Waals surface area contributed by atoms with Crippen LogP contribution in [0.2, 0.25) is 0 Å². The minimum atomic E-state index is -0.00203. The second-order valence-electron chi connectivity index (χ2n) is 2.64. The van der Waals surface area contributed by atoms with Gasteiger partial charge in [0, 0.05) is 0 Å². The SMILES string of the molecule is CCO/C(N)=N\c1nc(OC)cc(OC)n1. The molecular formula is C9H14N4O3. The first-order valence-electron chi connectivity index (χ1n) is 4.63. The molecule has 0 amide bonds. The summed E-state index contributed by atoms with van der Waals surface area (Å²) in [7, 11) is 2.97. The van der Waals surface area contributed by atoms with Crippen molar-refractivity contribution in [2.75, 3.05) is 20.8 Å². The molecule has 0 aliphatic rings. The lowest BCUT2D eigenvalue weighted by Crippen LogP contribution is -2.15. The number of amidine groups is 1. The molecule has 0 fully saturated rings. The smallest absolute Gasteiger partial charge is 0.290 e. The molecule has 0 atom stereocenters. The molecule has 0 radical (unpaired) electrons. The lowest BCUT2D eigenvalue weighted by Gasteiger charge is -2.04. The fraction of sp³-hybridized carbons (Fsp3) is 0.444. The Hall–Kier alpha value is -2.05. The van der Waals surface area contributed by atoms with E-state index in [1.807, 2.05) is 0 Å². The van der Waals surface area contributed by atoms with Crippen LogP contribution >= 0.6 is 0 Å². The Morgan fingerprint density at radius 2 is 1.88 bits per heavy atom. The summed E-state index contributed by atoms with van der Waals surface area (Å²) in [6.45, 7) is 2.23. The Morgan fingerprint density at radius 1 is 1.31 bits per heavy atom. The van der Waals surface area contributed by atoms with E-state index in [2.05, 4.69) is 15.0 Å². The summed E-state index contributed by atoms with van der Waals surface area (Å²) in [4.78, 5) is 11.8. The summed E-state index contributed by atoms with van der Waals surface area (Å²) >= 11 is 0. The maximum atomic E-state index is 5.47. The Bertz CT molecular complexity index is 359. The van der Waals surface area contributed by atoms with E-state index in [4.69, 9.17) is 19.9 Å². The van der Waals surface area contributed by atoms with Gasteiger partial charge in [-0.05, 0) is 6.92 Å². The van der Waals surface area contributed by atoms with E-state index in [-0.39, 0.29) is 12.0 Å². The van der Waals surface area contributed by atoms with Crippen molar-refractivity contribution in [1.29, 1.82) is 0 Å². The standard InChI is InChI=1S/C9H14N4O3/c1-4-16-8(10)13-9-11-6(14-2)5-7(12-9)15-3/h5H,4H2,1-3H3,(H2,10,11,12,13). The molecule has 0 saturated carbocycles. The maximum absolute atomic E-state index is 5.47. The summed E-state index contributed by atoms with van der Waals surface area (Å²) in [5.74, 6) is 0.812. The fourth-order valence-corrected chi connectivity index (χ4v) is 0.930. The molecule has 7 heteroatoms. The van der Waals surface area contributed by atoms with Crippen LogP contribution in [0.25, 0.3) is 0 Å². The van der Waals surface area contributed by atoms with Gasteiger partial charge in [-0.15, -0.1) is 0 Å². The Morgan fingerprint density at radius 3 is 2.31 bits per heavy atom. The van der Waals surface area contributed by atoms with Gasteiger partial charge in [-0.25, -0.2) is 0 Å². The number of hydrogen-bond donors (Lipinski definition) is 1. The molecule has 88 valence electrons. The topological polar surface area (TPSA) is 91.9 Å². The van der Waals surface area contributed by atoms with Crippen molar-refractivity contribution in [3.63, 3.8) is 0 Å².